The lowest BCUT2D eigenvalue weighted by molar-refractivity contribution is -0.181. The first-order valence-electron chi connectivity index (χ1n) is 12.0. The summed E-state index contributed by atoms with van der Waals surface area (Å²) < 4.78 is 6.20. The number of ether oxygens (including phenoxy) is 1. The Morgan fingerprint density at radius 1 is 0.912 bits per heavy atom. The highest BCUT2D eigenvalue weighted by molar-refractivity contribution is 5.97. The Labute approximate surface area is 200 Å². The van der Waals surface area contributed by atoms with Gasteiger partial charge in [-0.2, -0.15) is 0 Å². The van der Waals surface area contributed by atoms with Crippen molar-refractivity contribution in [3.8, 4) is 5.75 Å². The van der Waals surface area contributed by atoms with Gasteiger partial charge >= 0.3 is 0 Å². The van der Waals surface area contributed by atoms with E-state index in [1.807, 2.05) is 83.8 Å². The van der Waals surface area contributed by atoms with Crippen LogP contribution in [0.15, 0.2) is 91.0 Å². The molecule has 0 aromatic heterocycles. The number of rotatable bonds is 6. The molecule has 1 N–H and O–H groups in total. The third-order valence-electron chi connectivity index (χ3n) is 7.11. The van der Waals surface area contributed by atoms with Crippen molar-refractivity contribution < 1.29 is 19.4 Å². The molecule has 4 atom stereocenters. The largest absolute Gasteiger partial charge is 0.477 e. The van der Waals surface area contributed by atoms with Crippen LogP contribution in [0.3, 0.4) is 0 Å². The van der Waals surface area contributed by atoms with Crippen LogP contribution in [0.5, 0.6) is 5.75 Å². The monoisotopic (exact) mass is 455 g/mol. The first kappa shape index (κ1) is 22.4. The van der Waals surface area contributed by atoms with Crippen molar-refractivity contribution in [1.29, 1.82) is 0 Å². The van der Waals surface area contributed by atoms with E-state index >= 15 is 0 Å². The standard InChI is InChI=1S/C29H29NO4/c31-26(21-11-4-1-5-12-21)19-23-15-10-16-24-20-29(33,22-13-6-2-7-14-22)27(28(32)30(23)24)34-25-17-8-3-9-18-25/h1-9,11-14,17-18,23-24,27,33H,10,15-16,19-20H2/t23-,24+,27-,29+/m0/s1. The van der Waals surface area contributed by atoms with Gasteiger partial charge in [-0.25, -0.2) is 0 Å². The van der Waals surface area contributed by atoms with E-state index in [1.54, 1.807) is 12.1 Å². The SMILES string of the molecule is O=C(C[C@@H]1CCC[C@@H]2C[C@@](O)(c3ccccc3)[C@@H](Oc3ccccc3)C(=O)N21)c1ccccc1. The van der Waals surface area contributed by atoms with Crippen molar-refractivity contribution >= 4 is 11.7 Å². The normalized spacial score (nSPS) is 26.6. The second-order valence-corrected chi connectivity index (χ2v) is 9.28. The smallest absolute Gasteiger partial charge is 0.267 e. The molecule has 1 amide bonds. The molecule has 0 radical (unpaired) electrons. The molecule has 2 fully saturated rings. The summed E-state index contributed by atoms with van der Waals surface area (Å²) in [4.78, 5) is 28.9. The Bertz CT molecular complexity index is 1130. The Morgan fingerprint density at radius 2 is 1.53 bits per heavy atom. The number of hydrogen-bond acceptors (Lipinski definition) is 4. The molecule has 5 heteroatoms. The Hall–Kier alpha value is -3.44. The molecule has 5 nitrogen and oxygen atoms in total. The maximum Gasteiger partial charge on any atom is 0.267 e. The van der Waals surface area contributed by atoms with E-state index in [-0.39, 0.29) is 30.2 Å². The van der Waals surface area contributed by atoms with Crippen molar-refractivity contribution in [2.75, 3.05) is 0 Å². The fourth-order valence-electron chi connectivity index (χ4n) is 5.47. The number of Topliss-reactive ketones (excluding diaryl/α,β-unsaturated/α-hetero) is 1. The average molecular weight is 456 g/mol. The minimum absolute atomic E-state index is 0.0310. The molecule has 0 bridgehead atoms. The van der Waals surface area contributed by atoms with Gasteiger partial charge in [0, 0.05) is 30.5 Å². The average Bonchev–Trinajstić information content (AvgIpc) is 2.88. The molecule has 0 spiro atoms. The van der Waals surface area contributed by atoms with Gasteiger partial charge in [0.15, 0.2) is 5.78 Å². The van der Waals surface area contributed by atoms with Crippen molar-refractivity contribution in [2.24, 2.45) is 0 Å². The van der Waals surface area contributed by atoms with E-state index in [9.17, 15) is 14.7 Å². The summed E-state index contributed by atoms with van der Waals surface area (Å²) in [6.07, 6.45) is 2.03. The highest BCUT2D eigenvalue weighted by Crippen LogP contribution is 2.43. The van der Waals surface area contributed by atoms with Crippen LogP contribution < -0.4 is 4.74 Å². The number of aliphatic hydroxyl groups is 1. The Kier molecular flexibility index (Phi) is 6.20. The molecular formula is C29H29NO4. The predicted molar refractivity (Wildman–Crippen MR) is 129 cm³/mol. The quantitative estimate of drug-likeness (QED) is 0.545. The maximum atomic E-state index is 14.0. The number of amides is 1. The molecule has 2 aliphatic rings. The summed E-state index contributed by atoms with van der Waals surface area (Å²) in [5.74, 6) is 0.308. The number of carbonyl (C=O) groups is 2. The zero-order valence-corrected chi connectivity index (χ0v) is 19.0. The van der Waals surface area contributed by atoms with Gasteiger partial charge in [-0.05, 0) is 37.0 Å². The van der Waals surface area contributed by atoms with E-state index in [1.165, 1.54) is 0 Å². The fraction of sp³-hybridized carbons (Fsp3) is 0.310. The molecule has 0 aliphatic carbocycles. The summed E-state index contributed by atoms with van der Waals surface area (Å²) in [7, 11) is 0. The van der Waals surface area contributed by atoms with Crippen LogP contribution >= 0.6 is 0 Å². The van der Waals surface area contributed by atoms with E-state index in [0.29, 0.717) is 23.3 Å². The zero-order chi connectivity index (χ0) is 23.5. The molecule has 34 heavy (non-hydrogen) atoms. The number of benzene rings is 3. The van der Waals surface area contributed by atoms with Gasteiger partial charge in [0.2, 0.25) is 6.10 Å². The molecule has 5 rings (SSSR count). The molecule has 0 unspecified atom stereocenters. The highest BCUT2D eigenvalue weighted by Gasteiger charge is 2.56. The summed E-state index contributed by atoms with van der Waals surface area (Å²) in [5.41, 5.74) is -0.126. The summed E-state index contributed by atoms with van der Waals surface area (Å²) >= 11 is 0. The molecular weight excluding hydrogens is 426 g/mol. The first-order valence-corrected chi connectivity index (χ1v) is 12.0. The van der Waals surface area contributed by atoms with Gasteiger partial charge in [-0.3, -0.25) is 9.59 Å². The van der Waals surface area contributed by atoms with Gasteiger partial charge in [0.25, 0.3) is 5.91 Å². The summed E-state index contributed by atoms with van der Waals surface area (Å²) in [6, 6.07) is 27.3. The van der Waals surface area contributed by atoms with Crippen molar-refractivity contribution in [3.63, 3.8) is 0 Å². The number of hydrogen-bond donors (Lipinski definition) is 1. The molecule has 0 saturated carbocycles. The molecule has 2 saturated heterocycles. The zero-order valence-electron chi connectivity index (χ0n) is 19.0. The number of carbonyl (C=O) groups excluding carboxylic acids is 2. The molecule has 3 aromatic rings. The van der Waals surface area contributed by atoms with E-state index in [4.69, 9.17) is 4.74 Å². The van der Waals surface area contributed by atoms with E-state index in [0.717, 1.165) is 19.3 Å². The second kappa shape index (κ2) is 9.43. The van der Waals surface area contributed by atoms with E-state index in [2.05, 4.69) is 0 Å². The summed E-state index contributed by atoms with van der Waals surface area (Å²) in [5, 5.41) is 12.0. The van der Waals surface area contributed by atoms with Crippen LogP contribution in [0.25, 0.3) is 0 Å². The predicted octanol–water partition coefficient (Wildman–Crippen LogP) is 4.75. The Balaban J connectivity index is 1.48. The molecule has 174 valence electrons. The minimum Gasteiger partial charge on any atom is -0.477 e. The number of ketones is 1. The van der Waals surface area contributed by atoms with Gasteiger partial charge in [-0.1, -0.05) is 78.9 Å². The van der Waals surface area contributed by atoms with Crippen molar-refractivity contribution in [2.45, 2.75) is 55.9 Å². The first-order chi connectivity index (χ1) is 16.6. The van der Waals surface area contributed by atoms with Crippen molar-refractivity contribution in [1.82, 2.24) is 4.90 Å². The number of fused-ring (bicyclic) bond motifs is 1. The fourth-order valence-corrected chi connectivity index (χ4v) is 5.47. The third kappa shape index (κ3) is 4.24. The highest BCUT2D eigenvalue weighted by atomic mass is 16.5. The second-order valence-electron chi connectivity index (χ2n) is 9.28. The Morgan fingerprint density at radius 3 is 2.21 bits per heavy atom. The van der Waals surface area contributed by atoms with Gasteiger partial charge in [-0.15, -0.1) is 0 Å². The third-order valence-corrected chi connectivity index (χ3v) is 7.11. The molecule has 2 heterocycles. The van der Waals surface area contributed by atoms with Crippen LogP contribution in [0, 0.1) is 0 Å². The molecule has 3 aromatic carbocycles. The number of para-hydroxylation sites is 1. The van der Waals surface area contributed by atoms with Gasteiger partial charge in [0.1, 0.15) is 11.4 Å². The van der Waals surface area contributed by atoms with Crippen LogP contribution in [0.4, 0.5) is 0 Å². The van der Waals surface area contributed by atoms with Crippen LogP contribution in [-0.2, 0) is 10.4 Å². The lowest BCUT2D eigenvalue weighted by Crippen LogP contribution is -2.66. The van der Waals surface area contributed by atoms with Crippen LogP contribution in [-0.4, -0.2) is 39.9 Å². The number of piperidine rings is 2. The minimum atomic E-state index is -1.46. The lowest BCUT2D eigenvalue weighted by Gasteiger charge is -2.52. The maximum absolute atomic E-state index is 14.0. The van der Waals surface area contributed by atoms with Gasteiger partial charge in [0.05, 0.1) is 0 Å². The van der Waals surface area contributed by atoms with Crippen LogP contribution in [0.1, 0.15) is 48.0 Å². The molecule has 2 aliphatic heterocycles. The van der Waals surface area contributed by atoms with Gasteiger partial charge < -0.3 is 14.7 Å². The van der Waals surface area contributed by atoms with Crippen LogP contribution in [0.2, 0.25) is 0 Å². The van der Waals surface area contributed by atoms with E-state index < -0.39 is 11.7 Å². The summed E-state index contributed by atoms with van der Waals surface area (Å²) in [6.45, 7) is 0. The topological polar surface area (TPSA) is 66.8 Å². The number of nitrogens with zero attached hydrogens (tertiary/aromatic N) is 1. The lowest BCUT2D eigenvalue weighted by atomic mass is 9.74. The van der Waals surface area contributed by atoms with Crippen molar-refractivity contribution in [3.05, 3.63) is 102 Å².